The van der Waals surface area contributed by atoms with E-state index in [-0.39, 0.29) is 5.91 Å². The number of carbonyl (C=O) groups excluding carboxylic acids is 1. The average molecular weight is 389 g/mol. The number of amides is 1. The van der Waals surface area contributed by atoms with Crippen molar-refractivity contribution in [1.29, 1.82) is 0 Å². The van der Waals surface area contributed by atoms with Crippen LogP contribution in [-0.4, -0.2) is 24.7 Å². The molecule has 0 fully saturated rings. The normalized spacial score (nSPS) is 11.6. The van der Waals surface area contributed by atoms with Crippen LogP contribution in [0.25, 0.3) is 10.2 Å². The first-order valence-electron chi connectivity index (χ1n) is 7.79. The number of benzene rings is 2. The Bertz CT molecular complexity index is 1050. The standard InChI is InChI=1S/C19H17ClN2O3S/c1-4-9-22-14-10-15(24-2)16(25-3)11-17(14)26-19(22)21-18(23)12-7-5-6-8-13(12)20/h4-8,10-11H,1,9H2,2-3H3. The lowest BCUT2D eigenvalue weighted by atomic mass is 10.2. The van der Waals surface area contributed by atoms with Gasteiger partial charge >= 0.3 is 0 Å². The second kappa shape index (κ2) is 7.76. The molecule has 0 aliphatic heterocycles. The lowest BCUT2D eigenvalue weighted by Crippen LogP contribution is -2.16. The van der Waals surface area contributed by atoms with Crippen LogP contribution in [0.2, 0.25) is 5.02 Å². The average Bonchev–Trinajstić information content (AvgIpc) is 2.97. The minimum absolute atomic E-state index is 0.368. The van der Waals surface area contributed by atoms with Crippen molar-refractivity contribution in [3.05, 3.63) is 64.4 Å². The number of fused-ring (bicyclic) bond motifs is 1. The Balaban J connectivity index is 2.21. The van der Waals surface area contributed by atoms with Crippen LogP contribution in [0, 0.1) is 0 Å². The van der Waals surface area contributed by atoms with Crippen LogP contribution in [0.15, 0.2) is 54.0 Å². The molecular formula is C19H17ClN2O3S. The van der Waals surface area contributed by atoms with Gasteiger partial charge in [0.2, 0.25) is 0 Å². The number of halogens is 1. The summed E-state index contributed by atoms with van der Waals surface area (Å²) in [7, 11) is 3.17. The van der Waals surface area contributed by atoms with E-state index in [9.17, 15) is 4.79 Å². The summed E-state index contributed by atoms with van der Waals surface area (Å²) in [6.45, 7) is 4.30. The van der Waals surface area contributed by atoms with Crippen molar-refractivity contribution in [1.82, 2.24) is 4.57 Å². The third-order valence-corrected chi connectivity index (χ3v) is 5.17. The van der Waals surface area contributed by atoms with E-state index in [1.807, 2.05) is 16.7 Å². The molecule has 1 aromatic heterocycles. The molecule has 0 atom stereocenters. The predicted octanol–water partition coefficient (Wildman–Crippen LogP) is 4.30. The number of hydrogen-bond acceptors (Lipinski definition) is 4. The highest BCUT2D eigenvalue weighted by molar-refractivity contribution is 7.16. The Hall–Kier alpha value is -2.57. The van der Waals surface area contributed by atoms with Gasteiger partial charge in [-0.25, -0.2) is 0 Å². The number of allylic oxidation sites excluding steroid dienone is 1. The molecule has 2 aromatic carbocycles. The van der Waals surface area contributed by atoms with Gasteiger partial charge in [0.25, 0.3) is 5.91 Å². The Labute approximate surface area is 159 Å². The Kier molecular flexibility index (Phi) is 5.44. The first-order chi connectivity index (χ1) is 12.6. The number of ether oxygens (including phenoxy) is 2. The van der Waals surface area contributed by atoms with Gasteiger partial charge < -0.3 is 14.0 Å². The summed E-state index contributed by atoms with van der Waals surface area (Å²) in [4.78, 5) is 17.4. The zero-order valence-electron chi connectivity index (χ0n) is 14.4. The summed E-state index contributed by atoms with van der Waals surface area (Å²) in [6.07, 6.45) is 1.75. The molecule has 1 heterocycles. The van der Waals surface area contributed by atoms with E-state index in [0.717, 1.165) is 10.2 Å². The number of rotatable bonds is 5. The summed E-state index contributed by atoms with van der Waals surface area (Å²) in [6, 6.07) is 10.6. The summed E-state index contributed by atoms with van der Waals surface area (Å²) < 4.78 is 13.6. The lowest BCUT2D eigenvalue weighted by Gasteiger charge is -2.08. The van der Waals surface area contributed by atoms with E-state index in [1.54, 1.807) is 44.6 Å². The lowest BCUT2D eigenvalue weighted by molar-refractivity contribution is 0.0998. The summed E-state index contributed by atoms with van der Waals surface area (Å²) in [5.41, 5.74) is 1.25. The molecule has 26 heavy (non-hydrogen) atoms. The second-order valence-electron chi connectivity index (χ2n) is 5.36. The summed E-state index contributed by atoms with van der Waals surface area (Å²) >= 11 is 7.50. The molecule has 0 aliphatic rings. The highest BCUT2D eigenvalue weighted by atomic mass is 35.5. The van der Waals surface area contributed by atoms with E-state index in [4.69, 9.17) is 21.1 Å². The minimum atomic E-state index is -0.390. The topological polar surface area (TPSA) is 52.8 Å². The van der Waals surface area contributed by atoms with Crippen molar-refractivity contribution in [3.8, 4) is 11.5 Å². The van der Waals surface area contributed by atoms with Gasteiger partial charge in [0.15, 0.2) is 16.3 Å². The maximum Gasteiger partial charge on any atom is 0.281 e. The molecule has 5 nitrogen and oxygen atoms in total. The molecule has 0 saturated carbocycles. The van der Waals surface area contributed by atoms with Gasteiger partial charge in [0.05, 0.1) is 35.0 Å². The van der Waals surface area contributed by atoms with Crippen LogP contribution in [0.3, 0.4) is 0 Å². The monoisotopic (exact) mass is 388 g/mol. The van der Waals surface area contributed by atoms with Gasteiger partial charge in [-0.15, -0.1) is 6.58 Å². The van der Waals surface area contributed by atoms with E-state index in [0.29, 0.717) is 33.4 Å². The molecule has 3 aromatic rings. The molecule has 0 N–H and O–H groups in total. The van der Waals surface area contributed by atoms with Crippen LogP contribution in [0.1, 0.15) is 10.4 Å². The first-order valence-corrected chi connectivity index (χ1v) is 8.98. The molecular weight excluding hydrogens is 372 g/mol. The zero-order chi connectivity index (χ0) is 18.7. The van der Waals surface area contributed by atoms with Crippen LogP contribution in [0.4, 0.5) is 0 Å². The van der Waals surface area contributed by atoms with Gasteiger partial charge in [-0.1, -0.05) is 41.1 Å². The minimum Gasteiger partial charge on any atom is -0.493 e. The third kappa shape index (κ3) is 3.38. The fraction of sp³-hybridized carbons (Fsp3) is 0.158. The SMILES string of the molecule is C=CCn1c(=NC(=O)c2ccccc2Cl)sc2cc(OC)c(OC)cc21. The Morgan fingerprint density at radius 1 is 1.27 bits per heavy atom. The fourth-order valence-corrected chi connectivity index (χ4v) is 3.83. The van der Waals surface area contributed by atoms with Gasteiger partial charge in [-0.2, -0.15) is 4.99 Å². The highest BCUT2D eigenvalue weighted by Gasteiger charge is 2.14. The highest BCUT2D eigenvalue weighted by Crippen LogP contribution is 2.33. The number of thiazole rings is 1. The van der Waals surface area contributed by atoms with Gasteiger partial charge in [-0.3, -0.25) is 4.79 Å². The number of aromatic nitrogens is 1. The summed E-state index contributed by atoms with van der Waals surface area (Å²) in [5, 5.41) is 0.376. The fourth-order valence-electron chi connectivity index (χ4n) is 2.57. The maximum absolute atomic E-state index is 12.6. The molecule has 0 spiro atoms. The van der Waals surface area contributed by atoms with Gasteiger partial charge in [0, 0.05) is 18.7 Å². The first kappa shape index (κ1) is 18.2. The van der Waals surface area contributed by atoms with Crippen molar-refractivity contribution >= 4 is 39.1 Å². The molecule has 0 saturated heterocycles. The molecule has 3 rings (SSSR count). The molecule has 0 radical (unpaired) electrons. The van der Waals surface area contributed by atoms with Crippen molar-refractivity contribution in [3.63, 3.8) is 0 Å². The molecule has 1 amide bonds. The molecule has 134 valence electrons. The molecule has 0 aliphatic carbocycles. The van der Waals surface area contributed by atoms with E-state index < -0.39 is 0 Å². The third-order valence-electron chi connectivity index (χ3n) is 3.80. The number of nitrogens with zero attached hydrogens (tertiary/aromatic N) is 2. The van der Waals surface area contributed by atoms with Crippen molar-refractivity contribution in [2.75, 3.05) is 14.2 Å². The van der Waals surface area contributed by atoms with E-state index >= 15 is 0 Å². The molecule has 7 heteroatoms. The number of carbonyl (C=O) groups is 1. The quantitative estimate of drug-likeness (QED) is 0.612. The van der Waals surface area contributed by atoms with E-state index in [1.165, 1.54) is 11.3 Å². The Morgan fingerprint density at radius 2 is 1.96 bits per heavy atom. The Morgan fingerprint density at radius 3 is 2.62 bits per heavy atom. The number of methoxy groups -OCH3 is 2. The van der Waals surface area contributed by atoms with Crippen molar-refractivity contribution in [2.24, 2.45) is 4.99 Å². The maximum atomic E-state index is 12.6. The predicted molar refractivity (Wildman–Crippen MR) is 104 cm³/mol. The van der Waals surface area contributed by atoms with Crippen LogP contribution in [-0.2, 0) is 6.54 Å². The van der Waals surface area contributed by atoms with Gasteiger partial charge in [-0.05, 0) is 12.1 Å². The zero-order valence-corrected chi connectivity index (χ0v) is 15.9. The van der Waals surface area contributed by atoms with Gasteiger partial charge in [0.1, 0.15) is 0 Å². The van der Waals surface area contributed by atoms with Crippen molar-refractivity contribution in [2.45, 2.75) is 6.54 Å². The van der Waals surface area contributed by atoms with Crippen molar-refractivity contribution < 1.29 is 14.3 Å². The van der Waals surface area contributed by atoms with E-state index in [2.05, 4.69) is 11.6 Å². The molecule has 0 bridgehead atoms. The molecule has 0 unspecified atom stereocenters. The van der Waals surface area contributed by atoms with Crippen LogP contribution >= 0.6 is 22.9 Å². The summed E-state index contributed by atoms with van der Waals surface area (Å²) in [5.74, 6) is 0.842. The second-order valence-corrected chi connectivity index (χ2v) is 6.77. The van der Waals surface area contributed by atoms with Crippen LogP contribution in [0.5, 0.6) is 11.5 Å². The largest absolute Gasteiger partial charge is 0.493 e. The van der Waals surface area contributed by atoms with Crippen LogP contribution < -0.4 is 14.3 Å². The number of hydrogen-bond donors (Lipinski definition) is 0. The smallest absolute Gasteiger partial charge is 0.281 e.